The monoisotopic (exact) mass is 350 g/mol. The van der Waals surface area contributed by atoms with Gasteiger partial charge in [0.05, 0.1) is 5.56 Å². The number of hydrogen-bond donors (Lipinski definition) is 1. The molecule has 1 aromatic carbocycles. The molecule has 0 spiro atoms. The topological polar surface area (TPSA) is 46.3 Å². The number of rotatable bonds is 1. The number of nitrogens with zero attached hydrogens (tertiary/aromatic N) is 1. The fourth-order valence-corrected chi connectivity index (χ4v) is 2.54. The predicted octanol–water partition coefficient (Wildman–Crippen LogP) is 2.82. The van der Waals surface area contributed by atoms with Crippen molar-refractivity contribution >= 4 is 34.2 Å². The summed E-state index contributed by atoms with van der Waals surface area (Å²) in [6, 6.07) is 4.54. The third-order valence-electron chi connectivity index (χ3n) is 3.42. The lowest BCUT2D eigenvalue weighted by molar-refractivity contribution is 0.0659. The highest BCUT2D eigenvalue weighted by atomic mass is 79.9. The number of carbonyl (C=O) groups excluding carboxylic acids is 1. The molecule has 1 saturated heterocycles. The molecule has 106 valence electrons. The number of hydrogen-bond acceptors (Lipinski definition) is 2. The maximum Gasteiger partial charge on any atom is 0.256 e. The zero-order valence-electron chi connectivity index (χ0n) is 10.6. The molecule has 0 saturated carbocycles. The molecule has 1 aliphatic heterocycles. The smallest absolute Gasteiger partial charge is 0.256 e. The van der Waals surface area contributed by atoms with Crippen LogP contribution in [0.3, 0.4) is 0 Å². The van der Waals surface area contributed by atoms with E-state index in [9.17, 15) is 9.18 Å². The third-order valence-corrected chi connectivity index (χ3v) is 3.91. The van der Waals surface area contributed by atoms with Crippen LogP contribution in [0.15, 0.2) is 22.7 Å². The molecule has 0 radical (unpaired) electrons. The first kappa shape index (κ1) is 16.4. The van der Waals surface area contributed by atoms with E-state index in [1.54, 1.807) is 11.0 Å². The maximum absolute atomic E-state index is 13.7. The van der Waals surface area contributed by atoms with Gasteiger partial charge in [0.25, 0.3) is 5.91 Å². The molecule has 3 nitrogen and oxygen atoms in total. The van der Waals surface area contributed by atoms with Gasteiger partial charge in [-0.15, -0.1) is 12.4 Å². The van der Waals surface area contributed by atoms with E-state index in [0.29, 0.717) is 17.6 Å². The van der Waals surface area contributed by atoms with Crippen molar-refractivity contribution in [3.8, 4) is 0 Å². The summed E-state index contributed by atoms with van der Waals surface area (Å²) in [4.78, 5) is 13.9. The molecular formula is C13H17BrClFN2O. The van der Waals surface area contributed by atoms with Gasteiger partial charge in [-0.05, 0) is 30.5 Å². The molecule has 1 amide bonds. The van der Waals surface area contributed by atoms with Gasteiger partial charge in [-0.2, -0.15) is 0 Å². The minimum absolute atomic E-state index is 0. The van der Waals surface area contributed by atoms with E-state index in [0.717, 1.165) is 6.42 Å². The number of likely N-dealkylation sites (tertiary alicyclic amines) is 1. The first-order chi connectivity index (χ1) is 8.49. The maximum atomic E-state index is 13.7. The van der Waals surface area contributed by atoms with Crippen molar-refractivity contribution in [2.75, 3.05) is 13.1 Å². The predicted molar refractivity (Wildman–Crippen MR) is 79.0 cm³/mol. The minimum atomic E-state index is -0.481. The molecule has 1 aliphatic rings. The first-order valence-electron chi connectivity index (χ1n) is 5.99. The summed E-state index contributed by atoms with van der Waals surface area (Å²) in [6.45, 7) is 3.20. The van der Waals surface area contributed by atoms with Gasteiger partial charge >= 0.3 is 0 Å². The molecule has 1 fully saturated rings. The highest BCUT2D eigenvalue weighted by Gasteiger charge is 2.28. The fourth-order valence-electron chi connectivity index (χ4n) is 2.18. The lowest BCUT2D eigenvalue weighted by Gasteiger charge is -2.35. The van der Waals surface area contributed by atoms with Gasteiger partial charge < -0.3 is 10.6 Å². The SMILES string of the molecule is CC1CN(C(=O)c2cc(Br)ccc2F)CCC1N.Cl. The van der Waals surface area contributed by atoms with Crippen LogP contribution in [0.2, 0.25) is 0 Å². The van der Waals surface area contributed by atoms with Crippen molar-refractivity contribution in [3.05, 3.63) is 34.1 Å². The Hall–Kier alpha value is -0.650. The molecule has 1 aromatic rings. The summed E-state index contributed by atoms with van der Waals surface area (Å²) >= 11 is 3.25. The van der Waals surface area contributed by atoms with Gasteiger partial charge in [0.1, 0.15) is 5.82 Å². The van der Waals surface area contributed by atoms with Crippen LogP contribution in [0.5, 0.6) is 0 Å². The number of amides is 1. The van der Waals surface area contributed by atoms with Gasteiger partial charge in [-0.25, -0.2) is 4.39 Å². The number of piperidine rings is 1. The van der Waals surface area contributed by atoms with E-state index < -0.39 is 5.82 Å². The normalized spacial score (nSPS) is 22.8. The summed E-state index contributed by atoms with van der Waals surface area (Å²) in [5.74, 6) is -0.490. The van der Waals surface area contributed by atoms with E-state index >= 15 is 0 Å². The standard InChI is InChI=1S/C13H16BrFN2O.ClH/c1-8-7-17(5-4-12(8)16)13(18)10-6-9(14)2-3-11(10)15;/h2-3,6,8,12H,4-5,7,16H2,1H3;1H. The zero-order chi connectivity index (χ0) is 13.3. The average molecular weight is 352 g/mol. The van der Waals surface area contributed by atoms with Crippen LogP contribution < -0.4 is 5.73 Å². The molecule has 6 heteroatoms. The van der Waals surface area contributed by atoms with Crippen LogP contribution in [-0.2, 0) is 0 Å². The van der Waals surface area contributed by atoms with Crippen molar-refractivity contribution in [3.63, 3.8) is 0 Å². The second-order valence-electron chi connectivity index (χ2n) is 4.81. The Balaban J connectivity index is 0.00000180. The van der Waals surface area contributed by atoms with Gasteiger partial charge in [-0.3, -0.25) is 4.79 Å². The number of benzene rings is 1. The van der Waals surface area contributed by atoms with Crippen LogP contribution in [0.4, 0.5) is 4.39 Å². The lowest BCUT2D eigenvalue weighted by Crippen LogP contribution is -2.48. The van der Waals surface area contributed by atoms with Crippen LogP contribution in [0.25, 0.3) is 0 Å². The van der Waals surface area contributed by atoms with E-state index in [-0.39, 0.29) is 35.8 Å². The van der Waals surface area contributed by atoms with Crippen molar-refractivity contribution in [2.45, 2.75) is 19.4 Å². The van der Waals surface area contributed by atoms with Crippen molar-refractivity contribution < 1.29 is 9.18 Å². The van der Waals surface area contributed by atoms with Crippen LogP contribution in [0.1, 0.15) is 23.7 Å². The Morgan fingerprint density at radius 1 is 1.53 bits per heavy atom. The summed E-state index contributed by atoms with van der Waals surface area (Å²) in [6.07, 6.45) is 0.766. The second kappa shape index (κ2) is 6.68. The summed E-state index contributed by atoms with van der Waals surface area (Å²) in [7, 11) is 0. The van der Waals surface area contributed by atoms with E-state index in [1.165, 1.54) is 12.1 Å². The molecule has 2 N–H and O–H groups in total. The Bertz CT molecular complexity index is 472. The van der Waals surface area contributed by atoms with Crippen LogP contribution >= 0.6 is 28.3 Å². The van der Waals surface area contributed by atoms with Crippen LogP contribution in [-0.4, -0.2) is 29.9 Å². The van der Waals surface area contributed by atoms with Gasteiger partial charge in [0.15, 0.2) is 0 Å². The van der Waals surface area contributed by atoms with E-state index in [2.05, 4.69) is 15.9 Å². The molecule has 2 atom stereocenters. The van der Waals surface area contributed by atoms with Crippen molar-refractivity contribution in [1.29, 1.82) is 0 Å². The van der Waals surface area contributed by atoms with Crippen molar-refractivity contribution in [2.24, 2.45) is 11.7 Å². The summed E-state index contributed by atoms with van der Waals surface area (Å²) < 4.78 is 14.4. The van der Waals surface area contributed by atoms with Gasteiger partial charge in [0.2, 0.25) is 0 Å². The highest BCUT2D eigenvalue weighted by molar-refractivity contribution is 9.10. The van der Waals surface area contributed by atoms with Gasteiger partial charge in [-0.1, -0.05) is 22.9 Å². The molecule has 0 bridgehead atoms. The van der Waals surface area contributed by atoms with Gasteiger partial charge in [0, 0.05) is 23.6 Å². The zero-order valence-corrected chi connectivity index (χ0v) is 13.0. The highest BCUT2D eigenvalue weighted by Crippen LogP contribution is 2.21. The Kier molecular flexibility index (Phi) is 5.77. The molecular weight excluding hydrogens is 335 g/mol. The average Bonchev–Trinajstić information content (AvgIpc) is 2.35. The number of halogens is 3. The van der Waals surface area contributed by atoms with Crippen molar-refractivity contribution in [1.82, 2.24) is 4.90 Å². The third kappa shape index (κ3) is 3.68. The summed E-state index contributed by atoms with van der Waals surface area (Å²) in [5.41, 5.74) is 6.03. The first-order valence-corrected chi connectivity index (χ1v) is 6.78. The molecule has 2 rings (SSSR count). The quantitative estimate of drug-likeness (QED) is 0.845. The Morgan fingerprint density at radius 3 is 2.84 bits per heavy atom. The number of nitrogens with two attached hydrogens (primary N) is 1. The largest absolute Gasteiger partial charge is 0.338 e. The van der Waals surface area contributed by atoms with E-state index in [1.807, 2.05) is 6.92 Å². The van der Waals surface area contributed by atoms with E-state index in [4.69, 9.17) is 5.73 Å². The molecule has 19 heavy (non-hydrogen) atoms. The van der Waals surface area contributed by atoms with Crippen LogP contribution in [0, 0.1) is 11.7 Å². The molecule has 0 aliphatic carbocycles. The lowest BCUT2D eigenvalue weighted by atomic mass is 9.94. The Labute approximate surface area is 126 Å². The Morgan fingerprint density at radius 2 is 2.21 bits per heavy atom. The second-order valence-corrected chi connectivity index (χ2v) is 5.72. The molecule has 1 heterocycles. The molecule has 0 aromatic heterocycles. The minimum Gasteiger partial charge on any atom is -0.338 e. The fraction of sp³-hybridized carbons (Fsp3) is 0.462. The molecule has 2 unspecified atom stereocenters. The number of carbonyl (C=O) groups is 1. The summed E-state index contributed by atoms with van der Waals surface area (Å²) in [5, 5.41) is 0.